The number of hydrogen-bond donors (Lipinski definition) is 1. The van der Waals surface area contributed by atoms with Crippen molar-refractivity contribution < 1.29 is 9.90 Å². The van der Waals surface area contributed by atoms with Crippen molar-refractivity contribution in [2.24, 2.45) is 12.5 Å². The Morgan fingerprint density at radius 3 is 2.50 bits per heavy atom. The predicted octanol–water partition coefficient (Wildman–Crippen LogP) is 3.88. The van der Waals surface area contributed by atoms with Gasteiger partial charge in [0.25, 0.3) is 0 Å². The summed E-state index contributed by atoms with van der Waals surface area (Å²) >= 11 is 0. The van der Waals surface area contributed by atoms with Gasteiger partial charge in [0.2, 0.25) is 0 Å². The van der Waals surface area contributed by atoms with Crippen molar-refractivity contribution >= 4 is 17.4 Å². The first-order valence-corrected chi connectivity index (χ1v) is 11.8. The number of nitriles is 1. The first-order chi connectivity index (χ1) is 17.2. The summed E-state index contributed by atoms with van der Waals surface area (Å²) in [6.45, 7) is 7.76. The number of carbonyl (C=O) groups is 1. The summed E-state index contributed by atoms with van der Waals surface area (Å²) in [7, 11) is 1.87. The lowest BCUT2D eigenvalue weighted by Gasteiger charge is -2.46. The zero-order chi connectivity index (χ0) is 25.6. The lowest BCUT2D eigenvalue weighted by Crippen LogP contribution is -2.59. The number of aromatic nitrogens is 5. The Hall–Kier alpha value is -4.39. The van der Waals surface area contributed by atoms with Crippen LogP contribution in [-0.2, 0) is 7.05 Å². The molecule has 0 radical (unpaired) electrons. The van der Waals surface area contributed by atoms with Gasteiger partial charge in [0, 0.05) is 67.5 Å². The van der Waals surface area contributed by atoms with Crippen molar-refractivity contribution in [3.8, 4) is 28.3 Å². The van der Waals surface area contributed by atoms with E-state index in [-0.39, 0.29) is 11.5 Å². The van der Waals surface area contributed by atoms with Gasteiger partial charge in [-0.1, -0.05) is 20.8 Å². The zero-order valence-electron chi connectivity index (χ0n) is 20.8. The molecule has 4 aromatic heterocycles. The molecular formula is C26H28N8O2. The second-order valence-electron chi connectivity index (χ2n) is 10.2. The van der Waals surface area contributed by atoms with E-state index in [1.807, 2.05) is 43.8 Å². The minimum Gasteiger partial charge on any atom is -0.465 e. The van der Waals surface area contributed by atoms with Crippen molar-refractivity contribution in [3.05, 3.63) is 54.7 Å². The number of aryl methyl sites for hydroxylation is 1. The first kappa shape index (κ1) is 23.4. The van der Waals surface area contributed by atoms with E-state index in [2.05, 4.69) is 41.9 Å². The largest absolute Gasteiger partial charge is 0.465 e. The lowest BCUT2D eigenvalue weighted by atomic mass is 9.84. The van der Waals surface area contributed by atoms with E-state index in [1.165, 1.54) is 4.90 Å². The molecule has 5 rings (SSSR count). The van der Waals surface area contributed by atoms with E-state index < -0.39 is 6.09 Å². The van der Waals surface area contributed by atoms with E-state index in [4.69, 9.17) is 4.98 Å². The van der Waals surface area contributed by atoms with Crippen LogP contribution in [0.4, 0.5) is 10.6 Å². The number of rotatable bonds is 3. The lowest BCUT2D eigenvalue weighted by molar-refractivity contribution is 0.0747. The quantitative estimate of drug-likeness (QED) is 0.469. The minimum atomic E-state index is -0.885. The molecule has 1 unspecified atom stereocenters. The van der Waals surface area contributed by atoms with E-state index in [0.29, 0.717) is 25.2 Å². The highest BCUT2D eigenvalue weighted by Crippen LogP contribution is 2.33. The second-order valence-corrected chi connectivity index (χ2v) is 10.2. The van der Waals surface area contributed by atoms with Crippen LogP contribution in [0.15, 0.2) is 49.2 Å². The van der Waals surface area contributed by atoms with Gasteiger partial charge in [-0.15, -0.1) is 0 Å². The maximum absolute atomic E-state index is 11.8. The molecule has 1 N–H and O–H groups in total. The molecule has 0 bridgehead atoms. The number of amides is 1. The number of piperazine rings is 1. The topological polar surface area (TPSA) is 116 Å². The molecule has 0 aliphatic carbocycles. The van der Waals surface area contributed by atoms with Crippen molar-refractivity contribution in [1.29, 1.82) is 5.26 Å². The van der Waals surface area contributed by atoms with Gasteiger partial charge >= 0.3 is 6.09 Å². The molecule has 0 spiro atoms. The zero-order valence-corrected chi connectivity index (χ0v) is 20.8. The van der Waals surface area contributed by atoms with Gasteiger partial charge in [-0.3, -0.25) is 4.68 Å². The minimum absolute atomic E-state index is 0.147. The third-order valence-corrected chi connectivity index (χ3v) is 6.78. The maximum Gasteiger partial charge on any atom is 0.407 e. The fraction of sp³-hybridized carbons (Fsp3) is 0.346. The Kier molecular flexibility index (Phi) is 5.63. The molecule has 184 valence electrons. The molecule has 5 heterocycles. The van der Waals surface area contributed by atoms with Crippen LogP contribution >= 0.6 is 0 Å². The van der Waals surface area contributed by atoms with Crippen molar-refractivity contribution in [3.63, 3.8) is 0 Å². The summed E-state index contributed by atoms with van der Waals surface area (Å²) < 4.78 is 3.47. The van der Waals surface area contributed by atoms with Crippen LogP contribution < -0.4 is 4.90 Å². The summed E-state index contributed by atoms with van der Waals surface area (Å²) in [5.41, 5.74) is 4.61. The number of carboxylic acid groups (broad SMARTS) is 1. The van der Waals surface area contributed by atoms with Crippen LogP contribution in [0.1, 0.15) is 26.3 Å². The predicted molar refractivity (Wildman–Crippen MR) is 136 cm³/mol. The number of hydrogen-bond acceptors (Lipinski definition) is 6. The average Bonchev–Trinajstić information content (AvgIpc) is 3.48. The molecule has 36 heavy (non-hydrogen) atoms. The summed E-state index contributed by atoms with van der Waals surface area (Å²) in [5, 5.41) is 28.0. The van der Waals surface area contributed by atoms with Gasteiger partial charge in [-0.2, -0.15) is 15.5 Å². The highest BCUT2D eigenvalue weighted by molar-refractivity contribution is 5.87. The molecule has 1 aliphatic heterocycles. The molecule has 0 aromatic carbocycles. The Morgan fingerprint density at radius 2 is 1.89 bits per heavy atom. The molecule has 4 aromatic rings. The Bertz CT molecular complexity index is 1470. The number of fused-ring (bicyclic) bond motifs is 1. The molecule has 1 atom stereocenters. The van der Waals surface area contributed by atoms with Gasteiger partial charge in [0.1, 0.15) is 11.9 Å². The summed E-state index contributed by atoms with van der Waals surface area (Å²) in [4.78, 5) is 20.2. The highest BCUT2D eigenvalue weighted by Gasteiger charge is 2.38. The standard InChI is InChI=1S/C26H28N8O2/c1-26(2,3)22-16-32(7-8-33(22)25(35)36)23-6-5-17(11-28-23)21-9-18(20-13-29-31(4)14-20)15-34-24(21)19(10-27)12-30-34/h5-6,9,11-15,22H,7-8,16H2,1-4H3,(H,35,36). The molecule has 0 saturated carbocycles. The smallest absolute Gasteiger partial charge is 0.407 e. The Balaban J connectivity index is 1.51. The van der Waals surface area contributed by atoms with Crippen LogP contribution in [0.5, 0.6) is 0 Å². The van der Waals surface area contributed by atoms with Gasteiger partial charge in [-0.05, 0) is 23.6 Å². The normalized spacial score (nSPS) is 16.4. The van der Waals surface area contributed by atoms with Crippen LogP contribution in [0.25, 0.3) is 27.8 Å². The second kappa shape index (κ2) is 8.68. The number of anilines is 1. The average molecular weight is 485 g/mol. The van der Waals surface area contributed by atoms with Gasteiger partial charge in [-0.25, -0.2) is 14.3 Å². The Morgan fingerprint density at radius 1 is 1.08 bits per heavy atom. The SMILES string of the molecule is Cn1cc(-c2cc(-c3ccc(N4CCN(C(=O)O)C(C(C)(C)C)C4)nc3)c3c(C#N)cnn3c2)cn1. The fourth-order valence-corrected chi connectivity index (χ4v) is 4.85. The third-order valence-electron chi connectivity index (χ3n) is 6.78. The maximum atomic E-state index is 11.8. The van der Waals surface area contributed by atoms with Crippen LogP contribution in [0.2, 0.25) is 0 Å². The van der Waals surface area contributed by atoms with Crippen LogP contribution in [0.3, 0.4) is 0 Å². The molecule has 1 saturated heterocycles. The van der Waals surface area contributed by atoms with Crippen LogP contribution in [-0.4, -0.2) is 66.2 Å². The summed E-state index contributed by atoms with van der Waals surface area (Å²) in [6.07, 6.45) is 8.12. The molecule has 1 amide bonds. The fourth-order valence-electron chi connectivity index (χ4n) is 4.85. The van der Waals surface area contributed by atoms with Crippen molar-refractivity contribution in [2.45, 2.75) is 26.8 Å². The summed E-state index contributed by atoms with van der Waals surface area (Å²) in [6, 6.07) is 8.08. The van der Waals surface area contributed by atoms with Gasteiger partial charge in [0.05, 0.1) is 29.5 Å². The monoisotopic (exact) mass is 484 g/mol. The highest BCUT2D eigenvalue weighted by atomic mass is 16.4. The number of nitrogens with zero attached hydrogens (tertiary/aromatic N) is 8. The number of pyridine rings is 2. The van der Waals surface area contributed by atoms with Gasteiger partial charge < -0.3 is 14.9 Å². The van der Waals surface area contributed by atoms with E-state index >= 15 is 0 Å². The molecule has 10 nitrogen and oxygen atoms in total. The van der Waals surface area contributed by atoms with Gasteiger partial charge in [0.15, 0.2) is 0 Å². The summed E-state index contributed by atoms with van der Waals surface area (Å²) in [5.74, 6) is 0.798. The van der Waals surface area contributed by atoms with E-state index in [0.717, 1.165) is 33.6 Å². The van der Waals surface area contributed by atoms with E-state index in [1.54, 1.807) is 21.6 Å². The van der Waals surface area contributed by atoms with Crippen molar-refractivity contribution in [1.82, 2.24) is 29.3 Å². The van der Waals surface area contributed by atoms with Crippen molar-refractivity contribution in [2.75, 3.05) is 24.5 Å². The van der Waals surface area contributed by atoms with Crippen LogP contribution in [0, 0.1) is 16.7 Å². The molecule has 10 heteroatoms. The third kappa shape index (κ3) is 4.13. The molecular weight excluding hydrogens is 456 g/mol. The Labute approximate surface area is 209 Å². The first-order valence-electron chi connectivity index (χ1n) is 11.8. The molecule has 1 fully saturated rings. The van der Waals surface area contributed by atoms with E-state index in [9.17, 15) is 15.2 Å². The molecule has 1 aliphatic rings.